The Hall–Kier alpha value is -1.84. The molecular formula is C42H76O4. The Kier molecular flexibility index (Phi) is 36.1. The number of hydrogen-bond donors (Lipinski definition) is 1. The monoisotopic (exact) mass is 645 g/mol. The number of esters is 1. The smallest absolute Gasteiger partial charge is 0.306 e. The lowest BCUT2D eigenvalue weighted by atomic mass is 10.0. The van der Waals surface area contributed by atoms with Gasteiger partial charge in [-0.3, -0.25) is 9.59 Å². The van der Waals surface area contributed by atoms with Crippen LogP contribution in [0.3, 0.4) is 0 Å². The molecule has 0 saturated heterocycles. The van der Waals surface area contributed by atoms with Crippen molar-refractivity contribution in [1.29, 1.82) is 0 Å². The SMILES string of the molecule is CC/C=C\C/C=C\C/C=C\CCCCCCCC(=O)OC(C)CCCCCCCCCCCCCCCCCCCCCC(=O)O. The summed E-state index contributed by atoms with van der Waals surface area (Å²) in [5.41, 5.74) is 0. The Bertz CT molecular complexity index is 738. The molecule has 0 amide bonds. The maximum atomic E-state index is 12.2. The highest BCUT2D eigenvalue weighted by Crippen LogP contribution is 2.16. The third-order valence-electron chi connectivity index (χ3n) is 8.87. The molecule has 0 aromatic carbocycles. The number of allylic oxidation sites excluding steroid dienone is 6. The van der Waals surface area contributed by atoms with E-state index >= 15 is 0 Å². The molecule has 1 atom stereocenters. The van der Waals surface area contributed by atoms with Crippen molar-refractivity contribution in [1.82, 2.24) is 0 Å². The maximum Gasteiger partial charge on any atom is 0.306 e. The van der Waals surface area contributed by atoms with Crippen LogP contribution in [0.5, 0.6) is 0 Å². The third-order valence-corrected chi connectivity index (χ3v) is 8.87. The Morgan fingerprint density at radius 2 is 0.870 bits per heavy atom. The number of hydrogen-bond acceptors (Lipinski definition) is 3. The fraction of sp³-hybridized carbons (Fsp3) is 0.810. The summed E-state index contributed by atoms with van der Waals surface area (Å²) < 4.78 is 5.64. The number of rotatable bonds is 36. The van der Waals surface area contributed by atoms with E-state index in [0.29, 0.717) is 12.8 Å². The van der Waals surface area contributed by atoms with E-state index in [4.69, 9.17) is 9.84 Å². The van der Waals surface area contributed by atoms with Gasteiger partial charge < -0.3 is 9.84 Å². The molecule has 0 aliphatic rings. The largest absolute Gasteiger partial charge is 0.481 e. The van der Waals surface area contributed by atoms with Crippen LogP contribution in [-0.4, -0.2) is 23.1 Å². The highest BCUT2D eigenvalue weighted by atomic mass is 16.5. The van der Waals surface area contributed by atoms with Crippen LogP contribution < -0.4 is 0 Å². The van der Waals surface area contributed by atoms with Gasteiger partial charge in [0, 0.05) is 12.8 Å². The number of carbonyl (C=O) groups excluding carboxylic acids is 1. The van der Waals surface area contributed by atoms with Gasteiger partial charge in [0.15, 0.2) is 0 Å². The van der Waals surface area contributed by atoms with E-state index in [1.807, 2.05) is 0 Å². The van der Waals surface area contributed by atoms with Crippen molar-refractivity contribution in [3.8, 4) is 0 Å². The van der Waals surface area contributed by atoms with E-state index in [0.717, 1.165) is 57.8 Å². The number of ether oxygens (including phenoxy) is 1. The zero-order valence-corrected chi connectivity index (χ0v) is 30.6. The molecule has 268 valence electrons. The molecule has 0 saturated carbocycles. The fourth-order valence-corrected chi connectivity index (χ4v) is 5.94. The molecule has 0 fully saturated rings. The molecule has 1 unspecified atom stereocenters. The first-order valence-corrected chi connectivity index (χ1v) is 19.9. The van der Waals surface area contributed by atoms with Crippen LogP contribution in [-0.2, 0) is 14.3 Å². The predicted octanol–water partition coefficient (Wildman–Crippen LogP) is 13.8. The normalized spacial score (nSPS) is 12.6. The molecule has 0 spiro atoms. The molecule has 1 N–H and O–H groups in total. The third kappa shape index (κ3) is 38.3. The molecule has 0 aliphatic heterocycles. The second-order valence-corrected chi connectivity index (χ2v) is 13.6. The van der Waals surface area contributed by atoms with E-state index in [-0.39, 0.29) is 12.1 Å². The Morgan fingerprint density at radius 3 is 1.33 bits per heavy atom. The second kappa shape index (κ2) is 37.6. The van der Waals surface area contributed by atoms with Gasteiger partial charge in [-0.2, -0.15) is 0 Å². The summed E-state index contributed by atoms with van der Waals surface area (Å²) in [6.07, 6.45) is 50.2. The molecule has 46 heavy (non-hydrogen) atoms. The first-order valence-electron chi connectivity index (χ1n) is 19.9. The van der Waals surface area contributed by atoms with Crippen LogP contribution in [0.1, 0.15) is 213 Å². The molecule has 0 aromatic heterocycles. The van der Waals surface area contributed by atoms with Crippen LogP contribution >= 0.6 is 0 Å². The van der Waals surface area contributed by atoms with Crippen molar-refractivity contribution in [3.63, 3.8) is 0 Å². The number of unbranched alkanes of at least 4 members (excludes halogenated alkanes) is 23. The van der Waals surface area contributed by atoms with Gasteiger partial charge in [0.05, 0.1) is 6.10 Å². The zero-order valence-electron chi connectivity index (χ0n) is 30.6. The molecule has 0 heterocycles. The average molecular weight is 645 g/mol. The molecule has 0 aliphatic carbocycles. The molecule has 0 bridgehead atoms. The lowest BCUT2D eigenvalue weighted by Crippen LogP contribution is -2.14. The van der Waals surface area contributed by atoms with E-state index in [9.17, 15) is 9.59 Å². The summed E-state index contributed by atoms with van der Waals surface area (Å²) in [5.74, 6) is -0.668. The highest BCUT2D eigenvalue weighted by molar-refractivity contribution is 5.69. The summed E-state index contributed by atoms with van der Waals surface area (Å²) >= 11 is 0. The van der Waals surface area contributed by atoms with Crippen LogP contribution in [0.4, 0.5) is 0 Å². The van der Waals surface area contributed by atoms with Crippen LogP contribution in [0, 0.1) is 0 Å². The Morgan fingerprint density at radius 1 is 0.500 bits per heavy atom. The van der Waals surface area contributed by atoms with Gasteiger partial charge in [0.2, 0.25) is 0 Å². The molecule has 0 rings (SSSR count). The number of aliphatic carboxylic acids is 1. The molecule has 0 radical (unpaired) electrons. The van der Waals surface area contributed by atoms with E-state index in [1.54, 1.807) is 0 Å². The lowest BCUT2D eigenvalue weighted by molar-refractivity contribution is -0.148. The van der Waals surface area contributed by atoms with Crippen molar-refractivity contribution < 1.29 is 19.4 Å². The number of carboxylic acids is 1. The first kappa shape index (κ1) is 44.2. The van der Waals surface area contributed by atoms with Gasteiger partial charge in [0.1, 0.15) is 0 Å². The minimum absolute atomic E-state index is 0.00743. The van der Waals surface area contributed by atoms with E-state index < -0.39 is 5.97 Å². The van der Waals surface area contributed by atoms with Gasteiger partial charge in [-0.1, -0.05) is 172 Å². The van der Waals surface area contributed by atoms with E-state index in [2.05, 4.69) is 50.3 Å². The summed E-state index contributed by atoms with van der Waals surface area (Å²) in [6, 6.07) is 0. The summed E-state index contributed by atoms with van der Waals surface area (Å²) in [6.45, 7) is 4.22. The minimum atomic E-state index is -0.661. The minimum Gasteiger partial charge on any atom is -0.481 e. The van der Waals surface area contributed by atoms with Gasteiger partial charge in [-0.25, -0.2) is 0 Å². The maximum absolute atomic E-state index is 12.2. The zero-order chi connectivity index (χ0) is 33.6. The van der Waals surface area contributed by atoms with Crippen molar-refractivity contribution in [2.24, 2.45) is 0 Å². The molecular weight excluding hydrogens is 568 g/mol. The second-order valence-electron chi connectivity index (χ2n) is 13.6. The summed E-state index contributed by atoms with van der Waals surface area (Å²) in [7, 11) is 0. The van der Waals surface area contributed by atoms with Gasteiger partial charge in [-0.15, -0.1) is 0 Å². The van der Waals surface area contributed by atoms with Gasteiger partial charge >= 0.3 is 11.9 Å². The number of carboxylic acid groups (broad SMARTS) is 1. The predicted molar refractivity (Wildman–Crippen MR) is 199 cm³/mol. The first-order chi connectivity index (χ1) is 22.6. The molecule has 4 nitrogen and oxygen atoms in total. The van der Waals surface area contributed by atoms with Crippen LogP contribution in [0.2, 0.25) is 0 Å². The quantitative estimate of drug-likeness (QED) is 0.0419. The Balaban J connectivity index is 3.32. The Labute approximate surface area is 286 Å². The van der Waals surface area contributed by atoms with Gasteiger partial charge in [0.25, 0.3) is 0 Å². The van der Waals surface area contributed by atoms with Crippen molar-refractivity contribution in [3.05, 3.63) is 36.5 Å². The lowest BCUT2D eigenvalue weighted by Gasteiger charge is -2.13. The summed E-state index contributed by atoms with van der Waals surface area (Å²) in [4.78, 5) is 22.7. The standard InChI is InChI=1S/C42H76O4/c1-3-4-5-6-7-8-9-10-16-21-24-27-30-33-36-39-42(45)46-40(2)37-34-31-28-25-22-19-17-14-12-11-13-15-18-20-23-26-29-32-35-38-41(43)44/h4-5,7-8,10,16,40H,3,6,9,11-15,17-39H2,1-2H3,(H,43,44)/b5-4-,8-7-,16-10-. The van der Waals surface area contributed by atoms with Gasteiger partial charge in [-0.05, 0) is 64.7 Å². The fourth-order valence-electron chi connectivity index (χ4n) is 5.94. The van der Waals surface area contributed by atoms with Crippen LogP contribution in [0.25, 0.3) is 0 Å². The van der Waals surface area contributed by atoms with Crippen LogP contribution in [0.15, 0.2) is 36.5 Å². The average Bonchev–Trinajstić information content (AvgIpc) is 3.03. The van der Waals surface area contributed by atoms with Crippen molar-refractivity contribution in [2.75, 3.05) is 0 Å². The summed E-state index contributed by atoms with van der Waals surface area (Å²) in [5, 5.41) is 8.65. The number of carbonyl (C=O) groups is 2. The molecule has 4 heteroatoms. The molecule has 0 aromatic rings. The van der Waals surface area contributed by atoms with Crippen molar-refractivity contribution >= 4 is 11.9 Å². The highest BCUT2D eigenvalue weighted by Gasteiger charge is 2.09. The van der Waals surface area contributed by atoms with E-state index in [1.165, 1.54) is 128 Å². The van der Waals surface area contributed by atoms with Crippen molar-refractivity contribution in [2.45, 2.75) is 219 Å². The topological polar surface area (TPSA) is 63.6 Å².